The zero-order valence-electron chi connectivity index (χ0n) is 9.46. The quantitative estimate of drug-likeness (QED) is 0.928. The van der Waals surface area contributed by atoms with Gasteiger partial charge in [-0.2, -0.15) is 0 Å². The maximum Gasteiger partial charge on any atom is 0.108 e. The van der Waals surface area contributed by atoms with Crippen LogP contribution in [-0.4, -0.2) is 11.5 Å². The Kier molecular flexibility index (Phi) is 3.95. The van der Waals surface area contributed by atoms with Crippen molar-refractivity contribution in [1.29, 1.82) is 0 Å². The number of rotatable bonds is 4. The minimum atomic E-state index is 0.684. The van der Waals surface area contributed by atoms with E-state index in [0.29, 0.717) is 5.92 Å². The molecule has 4 heteroatoms. The second kappa shape index (κ2) is 5.25. The van der Waals surface area contributed by atoms with Crippen LogP contribution in [0.25, 0.3) is 10.2 Å². The first kappa shape index (κ1) is 12.0. The Morgan fingerprint density at radius 1 is 1.44 bits per heavy atom. The summed E-state index contributed by atoms with van der Waals surface area (Å²) in [7, 11) is 0. The van der Waals surface area contributed by atoms with Gasteiger partial charge >= 0.3 is 0 Å². The van der Waals surface area contributed by atoms with E-state index in [-0.39, 0.29) is 0 Å². The molecule has 0 atom stereocenters. The van der Waals surface area contributed by atoms with Gasteiger partial charge in [0.2, 0.25) is 0 Å². The highest BCUT2D eigenvalue weighted by Crippen LogP contribution is 2.24. The second-order valence-electron chi connectivity index (χ2n) is 4.24. The molecule has 1 aromatic carbocycles. The minimum absolute atomic E-state index is 0.684. The lowest BCUT2D eigenvalue weighted by Crippen LogP contribution is -2.18. The monoisotopic (exact) mass is 298 g/mol. The van der Waals surface area contributed by atoms with Gasteiger partial charge in [0.05, 0.1) is 10.2 Å². The fourth-order valence-corrected chi connectivity index (χ4v) is 2.76. The van der Waals surface area contributed by atoms with Crippen LogP contribution >= 0.6 is 27.3 Å². The van der Waals surface area contributed by atoms with Gasteiger partial charge in [-0.3, -0.25) is 0 Å². The molecule has 2 rings (SSSR count). The van der Waals surface area contributed by atoms with Gasteiger partial charge in [-0.05, 0) is 30.7 Å². The zero-order chi connectivity index (χ0) is 11.5. The molecule has 16 heavy (non-hydrogen) atoms. The van der Waals surface area contributed by atoms with Gasteiger partial charge in [0.1, 0.15) is 5.01 Å². The van der Waals surface area contributed by atoms with E-state index in [1.54, 1.807) is 11.3 Å². The minimum Gasteiger partial charge on any atom is -0.310 e. The molecule has 86 valence electrons. The van der Waals surface area contributed by atoms with Crippen LogP contribution in [0.4, 0.5) is 0 Å². The first-order valence-electron chi connectivity index (χ1n) is 5.41. The molecule has 0 aliphatic heterocycles. The van der Waals surface area contributed by atoms with E-state index in [0.717, 1.165) is 28.1 Å². The van der Waals surface area contributed by atoms with E-state index < -0.39 is 0 Å². The van der Waals surface area contributed by atoms with Gasteiger partial charge in [0.25, 0.3) is 0 Å². The normalized spacial score (nSPS) is 11.5. The Morgan fingerprint density at radius 3 is 3.00 bits per heavy atom. The lowest BCUT2D eigenvalue weighted by molar-refractivity contribution is 0.552. The summed E-state index contributed by atoms with van der Waals surface area (Å²) in [5.74, 6) is 0.684. The van der Waals surface area contributed by atoms with Crippen molar-refractivity contribution in [2.75, 3.05) is 6.54 Å². The Bertz CT molecular complexity index is 479. The molecule has 0 unspecified atom stereocenters. The molecule has 0 aliphatic rings. The van der Waals surface area contributed by atoms with Crippen LogP contribution in [0.15, 0.2) is 22.7 Å². The van der Waals surface area contributed by atoms with Crippen LogP contribution in [0.3, 0.4) is 0 Å². The SMILES string of the molecule is CC(C)CNCc1nc2cc(Br)ccc2s1. The number of hydrogen-bond acceptors (Lipinski definition) is 3. The van der Waals surface area contributed by atoms with E-state index in [1.807, 2.05) is 0 Å². The molecule has 0 saturated heterocycles. The number of aromatic nitrogens is 1. The number of halogens is 1. The van der Waals surface area contributed by atoms with Crippen molar-refractivity contribution >= 4 is 37.5 Å². The predicted octanol–water partition coefficient (Wildman–Crippen LogP) is 3.80. The highest BCUT2D eigenvalue weighted by Gasteiger charge is 2.04. The number of hydrogen-bond donors (Lipinski definition) is 1. The van der Waals surface area contributed by atoms with Crippen molar-refractivity contribution in [1.82, 2.24) is 10.3 Å². The fraction of sp³-hybridized carbons (Fsp3) is 0.417. The Morgan fingerprint density at radius 2 is 2.25 bits per heavy atom. The number of fused-ring (bicyclic) bond motifs is 1. The average molecular weight is 299 g/mol. The van der Waals surface area contributed by atoms with Crippen molar-refractivity contribution < 1.29 is 0 Å². The third kappa shape index (κ3) is 3.03. The van der Waals surface area contributed by atoms with Gasteiger partial charge in [0, 0.05) is 11.0 Å². The molecule has 1 heterocycles. The third-order valence-electron chi connectivity index (χ3n) is 2.22. The van der Waals surface area contributed by atoms with Gasteiger partial charge in [-0.25, -0.2) is 4.98 Å². The number of thiazole rings is 1. The van der Waals surface area contributed by atoms with E-state index in [4.69, 9.17) is 0 Å². The molecule has 0 radical (unpaired) electrons. The van der Waals surface area contributed by atoms with E-state index in [1.165, 1.54) is 4.70 Å². The summed E-state index contributed by atoms with van der Waals surface area (Å²) in [5.41, 5.74) is 1.08. The molecule has 0 fully saturated rings. The van der Waals surface area contributed by atoms with Crippen LogP contribution in [0.5, 0.6) is 0 Å². The van der Waals surface area contributed by atoms with Crippen molar-refractivity contribution in [2.24, 2.45) is 5.92 Å². The Labute approximate surface area is 108 Å². The van der Waals surface area contributed by atoms with E-state index in [2.05, 4.69) is 58.3 Å². The van der Waals surface area contributed by atoms with Crippen LogP contribution in [0.1, 0.15) is 18.9 Å². The fourth-order valence-electron chi connectivity index (χ4n) is 1.49. The molecule has 2 aromatic rings. The smallest absolute Gasteiger partial charge is 0.108 e. The summed E-state index contributed by atoms with van der Waals surface area (Å²) >= 11 is 5.23. The lowest BCUT2D eigenvalue weighted by Gasteiger charge is -2.04. The van der Waals surface area contributed by atoms with Crippen molar-refractivity contribution in [3.05, 3.63) is 27.7 Å². The predicted molar refractivity (Wildman–Crippen MR) is 73.9 cm³/mol. The van der Waals surface area contributed by atoms with Crippen LogP contribution < -0.4 is 5.32 Å². The molecule has 0 spiro atoms. The topological polar surface area (TPSA) is 24.9 Å². The van der Waals surface area contributed by atoms with Crippen molar-refractivity contribution in [3.8, 4) is 0 Å². The van der Waals surface area contributed by atoms with Crippen molar-refractivity contribution in [2.45, 2.75) is 20.4 Å². The third-order valence-corrected chi connectivity index (χ3v) is 3.75. The summed E-state index contributed by atoms with van der Waals surface area (Å²) in [5, 5.41) is 4.57. The number of nitrogens with one attached hydrogen (secondary N) is 1. The van der Waals surface area contributed by atoms with Crippen molar-refractivity contribution in [3.63, 3.8) is 0 Å². The number of nitrogens with zero attached hydrogens (tertiary/aromatic N) is 1. The second-order valence-corrected chi connectivity index (χ2v) is 6.28. The van der Waals surface area contributed by atoms with Crippen LogP contribution in [-0.2, 0) is 6.54 Å². The van der Waals surface area contributed by atoms with E-state index >= 15 is 0 Å². The largest absolute Gasteiger partial charge is 0.310 e. The molecule has 0 aliphatic carbocycles. The molecule has 1 aromatic heterocycles. The summed E-state index contributed by atoms with van der Waals surface area (Å²) in [4.78, 5) is 4.60. The Balaban J connectivity index is 2.08. The van der Waals surface area contributed by atoms with Gasteiger partial charge < -0.3 is 5.32 Å². The molecular weight excluding hydrogens is 284 g/mol. The molecule has 0 saturated carbocycles. The average Bonchev–Trinajstić information content (AvgIpc) is 2.58. The molecular formula is C12H15BrN2S. The highest BCUT2D eigenvalue weighted by molar-refractivity contribution is 9.10. The summed E-state index contributed by atoms with van der Waals surface area (Å²) in [6.07, 6.45) is 0. The Hall–Kier alpha value is -0.450. The molecule has 0 bridgehead atoms. The summed E-state index contributed by atoms with van der Waals surface area (Å²) < 4.78 is 2.34. The standard InChI is InChI=1S/C12H15BrN2S/c1-8(2)6-14-7-12-15-10-5-9(13)3-4-11(10)16-12/h3-5,8,14H,6-7H2,1-2H3. The summed E-state index contributed by atoms with van der Waals surface area (Å²) in [6.45, 7) is 6.33. The van der Waals surface area contributed by atoms with Gasteiger partial charge in [0.15, 0.2) is 0 Å². The van der Waals surface area contributed by atoms with Gasteiger partial charge in [-0.1, -0.05) is 29.8 Å². The summed E-state index contributed by atoms with van der Waals surface area (Å²) in [6, 6.07) is 6.24. The first-order chi connectivity index (χ1) is 7.65. The maximum absolute atomic E-state index is 4.60. The molecule has 1 N–H and O–H groups in total. The zero-order valence-corrected chi connectivity index (χ0v) is 11.9. The first-order valence-corrected chi connectivity index (χ1v) is 7.02. The van der Waals surface area contributed by atoms with Crippen LogP contribution in [0, 0.1) is 5.92 Å². The molecule has 2 nitrogen and oxygen atoms in total. The highest BCUT2D eigenvalue weighted by atomic mass is 79.9. The van der Waals surface area contributed by atoms with E-state index in [9.17, 15) is 0 Å². The van der Waals surface area contributed by atoms with Crippen LogP contribution in [0.2, 0.25) is 0 Å². The molecule has 0 amide bonds. The lowest BCUT2D eigenvalue weighted by atomic mass is 10.2. The van der Waals surface area contributed by atoms with Gasteiger partial charge in [-0.15, -0.1) is 11.3 Å². The number of benzene rings is 1. The maximum atomic E-state index is 4.60.